The van der Waals surface area contributed by atoms with Gasteiger partial charge in [-0.25, -0.2) is 0 Å². The van der Waals surface area contributed by atoms with E-state index in [2.05, 4.69) is 77.4 Å². The molecule has 24 heavy (non-hydrogen) atoms. The largest absolute Gasteiger partial charge is 0.309 e. The van der Waals surface area contributed by atoms with Crippen LogP contribution in [0.15, 0.2) is 84.9 Å². The number of hydrogen-bond acceptors (Lipinski definition) is 0. The van der Waals surface area contributed by atoms with Crippen LogP contribution in [0.25, 0.3) is 38.3 Å². The molecule has 0 aliphatic heterocycles. The van der Waals surface area contributed by atoms with E-state index in [0.29, 0.717) is 0 Å². The molecule has 0 N–H and O–H groups in total. The predicted molar refractivity (Wildman–Crippen MR) is 103 cm³/mol. The van der Waals surface area contributed by atoms with Crippen molar-refractivity contribution in [1.82, 2.24) is 4.57 Å². The molecule has 0 atom stereocenters. The monoisotopic (exact) mass is 327 g/mol. The highest BCUT2D eigenvalue weighted by atomic mass is 35.5. The van der Waals surface area contributed by atoms with Crippen molar-refractivity contribution in [3.05, 3.63) is 90.0 Å². The molecule has 5 aromatic rings. The third-order valence-electron chi connectivity index (χ3n) is 4.63. The highest BCUT2D eigenvalue weighted by Gasteiger charge is 2.13. The first-order chi connectivity index (χ1) is 11.8. The topological polar surface area (TPSA) is 4.93 Å². The maximum absolute atomic E-state index is 6.43. The first-order valence-corrected chi connectivity index (χ1v) is 8.37. The molecule has 114 valence electrons. The Morgan fingerprint density at radius 1 is 0.583 bits per heavy atom. The Morgan fingerprint density at radius 3 is 1.79 bits per heavy atom. The molecular formula is C22H14ClN. The van der Waals surface area contributed by atoms with Gasteiger partial charge in [0, 0.05) is 21.2 Å². The van der Waals surface area contributed by atoms with E-state index < -0.39 is 0 Å². The van der Waals surface area contributed by atoms with Crippen molar-refractivity contribution in [1.29, 1.82) is 0 Å². The summed E-state index contributed by atoms with van der Waals surface area (Å²) in [6.45, 7) is 0. The fourth-order valence-corrected chi connectivity index (χ4v) is 3.84. The lowest BCUT2D eigenvalue weighted by atomic mass is 10.1. The standard InChI is InChI=1S/C22H14ClN/c23-16-13-15-7-1-2-8-17(15)22(14-16)24-20-11-5-3-9-18(20)19-10-4-6-12-21(19)24/h1-14H. The van der Waals surface area contributed by atoms with Gasteiger partial charge in [0.15, 0.2) is 0 Å². The van der Waals surface area contributed by atoms with Gasteiger partial charge in [-0.05, 0) is 29.7 Å². The Hall–Kier alpha value is -2.77. The molecule has 1 nitrogen and oxygen atoms in total. The van der Waals surface area contributed by atoms with Crippen LogP contribution >= 0.6 is 11.6 Å². The average Bonchev–Trinajstić information content (AvgIpc) is 2.95. The second kappa shape index (κ2) is 5.12. The van der Waals surface area contributed by atoms with Crippen LogP contribution in [0, 0.1) is 0 Å². The predicted octanol–water partition coefficient (Wildman–Crippen LogP) is 6.59. The van der Waals surface area contributed by atoms with Gasteiger partial charge in [0.1, 0.15) is 0 Å². The number of aromatic nitrogens is 1. The van der Waals surface area contributed by atoms with E-state index in [1.54, 1.807) is 0 Å². The van der Waals surface area contributed by atoms with E-state index >= 15 is 0 Å². The van der Waals surface area contributed by atoms with Crippen LogP contribution in [-0.4, -0.2) is 4.57 Å². The van der Waals surface area contributed by atoms with Gasteiger partial charge in [0.05, 0.1) is 16.7 Å². The molecule has 0 saturated carbocycles. The molecular weight excluding hydrogens is 314 g/mol. The van der Waals surface area contributed by atoms with Crippen molar-refractivity contribution in [2.75, 3.05) is 0 Å². The fraction of sp³-hybridized carbons (Fsp3) is 0. The van der Waals surface area contributed by atoms with Gasteiger partial charge in [0.25, 0.3) is 0 Å². The van der Waals surface area contributed by atoms with Crippen LogP contribution in [0.5, 0.6) is 0 Å². The minimum Gasteiger partial charge on any atom is -0.309 e. The van der Waals surface area contributed by atoms with Crippen molar-refractivity contribution in [2.45, 2.75) is 0 Å². The quantitative estimate of drug-likeness (QED) is 0.327. The van der Waals surface area contributed by atoms with E-state index in [-0.39, 0.29) is 0 Å². The summed E-state index contributed by atoms with van der Waals surface area (Å²) in [5.74, 6) is 0. The van der Waals surface area contributed by atoms with Gasteiger partial charge in [-0.1, -0.05) is 72.3 Å². The van der Waals surface area contributed by atoms with Crippen molar-refractivity contribution in [3.8, 4) is 5.69 Å². The second-order valence-electron chi connectivity index (χ2n) is 6.02. The van der Waals surface area contributed by atoms with E-state index in [9.17, 15) is 0 Å². The van der Waals surface area contributed by atoms with Crippen LogP contribution in [0.2, 0.25) is 5.02 Å². The van der Waals surface area contributed by atoms with Crippen molar-refractivity contribution in [2.24, 2.45) is 0 Å². The summed E-state index contributed by atoms with van der Waals surface area (Å²) >= 11 is 6.43. The Bertz CT molecular complexity index is 1160. The summed E-state index contributed by atoms with van der Waals surface area (Å²) in [7, 11) is 0. The van der Waals surface area contributed by atoms with Crippen molar-refractivity contribution < 1.29 is 0 Å². The van der Waals surface area contributed by atoms with Crippen molar-refractivity contribution >= 4 is 44.2 Å². The molecule has 0 aliphatic rings. The molecule has 0 unspecified atom stereocenters. The Balaban J connectivity index is 2.03. The van der Waals surface area contributed by atoms with Gasteiger partial charge in [0.2, 0.25) is 0 Å². The zero-order chi connectivity index (χ0) is 16.1. The summed E-state index contributed by atoms with van der Waals surface area (Å²) in [5, 5.41) is 5.63. The molecule has 0 bridgehead atoms. The van der Waals surface area contributed by atoms with E-state index in [1.165, 1.54) is 27.2 Å². The first-order valence-electron chi connectivity index (χ1n) is 8.00. The Kier molecular flexibility index (Phi) is 2.91. The Morgan fingerprint density at radius 2 is 1.12 bits per heavy atom. The number of hydrogen-bond donors (Lipinski definition) is 0. The van der Waals surface area contributed by atoms with E-state index in [0.717, 1.165) is 16.1 Å². The van der Waals surface area contributed by atoms with E-state index in [1.807, 2.05) is 12.1 Å². The molecule has 1 heterocycles. The normalized spacial score (nSPS) is 11.5. The number of benzene rings is 4. The van der Waals surface area contributed by atoms with Crippen LogP contribution in [0.1, 0.15) is 0 Å². The molecule has 0 radical (unpaired) electrons. The molecule has 0 spiro atoms. The summed E-state index contributed by atoms with van der Waals surface area (Å²) in [6, 6.07) is 29.5. The third kappa shape index (κ3) is 1.88. The van der Waals surface area contributed by atoms with Gasteiger partial charge >= 0.3 is 0 Å². The van der Waals surface area contributed by atoms with Gasteiger partial charge < -0.3 is 4.57 Å². The minimum absolute atomic E-state index is 0.755. The molecule has 0 saturated heterocycles. The van der Waals surface area contributed by atoms with Crippen LogP contribution in [0.3, 0.4) is 0 Å². The number of nitrogens with zero attached hydrogens (tertiary/aromatic N) is 1. The summed E-state index contributed by atoms with van der Waals surface area (Å²) in [4.78, 5) is 0. The van der Waals surface area contributed by atoms with Gasteiger partial charge in [-0.2, -0.15) is 0 Å². The third-order valence-corrected chi connectivity index (χ3v) is 4.84. The number of rotatable bonds is 1. The number of para-hydroxylation sites is 2. The fourth-order valence-electron chi connectivity index (χ4n) is 3.62. The van der Waals surface area contributed by atoms with Crippen LogP contribution < -0.4 is 0 Å². The lowest BCUT2D eigenvalue weighted by Gasteiger charge is -2.12. The molecule has 1 aromatic heterocycles. The smallest absolute Gasteiger partial charge is 0.0555 e. The molecule has 0 amide bonds. The second-order valence-corrected chi connectivity index (χ2v) is 6.45. The van der Waals surface area contributed by atoms with Crippen molar-refractivity contribution in [3.63, 3.8) is 0 Å². The first kappa shape index (κ1) is 13.6. The molecule has 5 rings (SSSR count). The summed E-state index contributed by atoms with van der Waals surface area (Å²) in [5.41, 5.74) is 3.52. The summed E-state index contributed by atoms with van der Waals surface area (Å²) in [6.07, 6.45) is 0. The Labute approximate surface area is 144 Å². The van der Waals surface area contributed by atoms with E-state index in [4.69, 9.17) is 11.6 Å². The van der Waals surface area contributed by atoms with Crippen LogP contribution in [-0.2, 0) is 0 Å². The maximum Gasteiger partial charge on any atom is 0.0555 e. The molecule has 0 fully saturated rings. The minimum atomic E-state index is 0.755. The molecule has 2 heteroatoms. The van der Waals surface area contributed by atoms with Gasteiger partial charge in [-0.3, -0.25) is 0 Å². The lowest BCUT2D eigenvalue weighted by molar-refractivity contribution is 1.20. The average molecular weight is 328 g/mol. The SMILES string of the molecule is Clc1cc(-n2c3ccccc3c3ccccc32)c2ccccc2c1. The zero-order valence-corrected chi connectivity index (χ0v) is 13.7. The highest BCUT2D eigenvalue weighted by Crippen LogP contribution is 2.35. The molecule has 0 aliphatic carbocycles. The zero-order valence-electron chi connectivity index (χ0n) is 12.9. The number of halogens is 1. The number of fused-ring (bicyclic) bond motifs is 4. The lowest BCUT2D eigenvalue weighted by Crippen LogP contribution is -1.95. The van der Waals surface area contributed by atoms with Crippen LogP contribution in [0.4, 0.5) is 0 Å². The molecule has 4 aromatic carbocycles. The highest BCUT2D eigenvalue weighted by molar-refractivity contribution is 6.31. The summed E-state index contributed by atoms with van der Waals surface area (Å²) < 4.78 is 2.32. The van der Waals surface area contributed by atoms with Gasteiger partial charge in [-0.15, -0.1) is 0 Å². The maximum atomic E-state index is 6.43.